The van der Waals surface area contributed by atoms with E-state index in [9.17, 15) is 8.42 Å². The van der Waals surface area contributed by atoms with Gasteiger partial charge < -0.3 is 14.0 Å². The number of fused-ring (bicyclic) bond motifs is 1. The van der Waals surface area contributed by atoms with Gasteiger partial charge in [0.1, 0.15) is 5.82 Å². The Balaban J connectivity index is 1.78. The van der Waals surface area contributed by atoms with Crippen molar-refractivity contribution in [3.05, 3.63) is 34.4 Å². The van der Waals surface area contributed by atoms with Gasteiger partial charge in [-0.05, 0) is 17.5 Å². The van der Waals surface area contributed by atoms with Gasteiger partial charge in [-0.3, -0.25) is 4.90 Å². The third-order valence-electron chi connectivity index (χ3n) is 5.38. The van der Waals surface area contributed by atoms with Gasteiger partial charge in [-0.15, -0.1) is 10.2 Å². The summed E-state index contributed by atoms with van der Waals surface area (Å²) >= 11 is 6.47. The van der Waals surface area contributed by atoms with Crippen molar-refractivity contribution in [1.82, 2.24) is 24.4 Å². The summed E-state index contributed by atoms with van der Waals surface area (Å²) in [6, 6.07) is 3.25. The van der Waals surface area contributed by atoms with E-state index in [0.717, 1.165) is 30.7 Å². The molecule has 2 heterocycles. The second kappa shape index (κ2) is 9.72. The molecule has 0 saturated carbocycles. The summed E-state index contributed by atoms with van der Waals surface area (Å²) in [5, 5.41) is 9.30. The fourth-order valence-corrected chi connectivity index (χ4v) is 4.81. The maximum absolute atomic E-state index is 11.9. The molecule has 1 atom stereocenters. The summed E-state index contributed by atoms with van der Waals surface area (Å²) < 4.78 is 39.2. The van der Waals surface area contributed by atoms with Crippen molar-refractivity contribution in [1.29, 1.82) is 0 Å². The van der Waals surface area contributed by atoms with E-state index < -0.39 is 16.1 Å². The number of ether oxygens (including phenoxy) is 2. The largest absolute Gasteiger partial charge is 0.493 e. The van der Waals surface area contributed by atoms with E-state index >= 15 is 0 Å². The van der Waals surface area contributed by atoms with Crippen molar-refractivity contribution >= 4 is 21.6 Å². The van der Waals surface area contributed by atoms with Gasteiger partial charge in [-0.25, -0.2) is 13.1 Å². The van der Waals surface area contributed by atoms with Crippen molar-refractivity contribution in [3.63, 3.8) is 0 Å². The predicted molar refractivity (Wildman–Crippen MR) is 119 cm³/mol. The minimum atomic E-state index is -3.38. The average molecular weight is 472 g/mol. The Bertz CT molecular complexity index is 1020. The first-order valence-electron chi connectivity index (χ1n) is 10.1. The number of benzene rings is 1. The number of nitrogens with one attached hydrogen (secondary N) is 1. The van der Waals surface area contributed by atoms with Gasteiger partial charge in [0, 0.05) is 43.7 Å². The fourth-order valence-electron chi connectivity index (χ4n) is 3.75. The van der Waals surface area contributed by atoms with Gasteiger partial charge in [0.25, 0.3) is 0 Å². The number of nitrogens with zero attached hydrogens (tertiary/aromatic N) is 4. The van der Waals surface area contributed by atoms with Crippen LogP contribution in [0, 0.1) is 5.92 Å². The predicted octanol–water partition coefficient (Wildman–Crippen LogP) is 2.25. The number of rotatable bonds is 8. The number of halogens is 1. The second-order valence-electron chi connectivity index (χ2n) is 8.06. The molecule has 0 fully saturated rings. The van der Waals surface area contributed by atoms with Crippen LogP contribution in [-0.2, 0) is 29.5 Å². The van der Waals surface area contributed by atoms with Crippen molar-refractivity contribution in [2.45, 2.75) is 39.4 Å². The van der Waals surface area contributed by atoms with Gasteiger partial charge in [0.15, 0.2) is 17.3 Å². The normalized spacial score (nSPS) is 16.1. The molecule has 11 heteroatoms. The van der Waals surface area contributed by atoms with Crippen LogP contribution in [0.25, 0.3) is 0 Å². The average Bonchev–Trinajstić information content (AvgIpc) is 3.00. The number of hydrogen-bond acceptors (Lipinski definition) is 7. The Labute approximate surface area is 188 Å². The molecular formula is C20H30ClN5O4S. The van der Waals surface area contributed by atoms with Crippen molar-refractivity contribution in [3.8, 4) is 11.5 Å². The van der Waals surface area contributed by atoms with Crippen LogP contribution in [0.3, 0.4) is 0 Å². The Kier molecular flexibility index (Phi) is 7.46. The molecule has 0 spiro atoms. The molecule has 0 aliphatic carbocycles. The number of sulfonamides is 1. The number of methoxy groups -OCH3 is 2. The minimum Gasteiger partial charge on any atom is -0.493 e. The Morgan fingerprint density at radius 2 is 1.81 bits per heavy atom. The lowest BCUT2D eigenvalue weighted by Crippen LogP contribution is -2.33. The molecule has 1 aliphatic rings. The van der Waals surface area contributed by atoms with Crippen LogP contribution in [0.5, 0.6) is 11.5 Å². The van der Waals surface area contributed by atoms with Crippen molar-refractivity contribution in [2.75, 3.05) is 33.6 Å². The molecule has 0 unspecified atom stereocenters. The van der Waals surface area contributed by atoms with Crippen LogP contribution >= 0.6 is 11.6 Å². The minimum absolute atomic E-state index is 0.0351. The number of hydrogen-bond donors (Lipinski definition) is 1. The van der Waals surface area contributed by atoms with Crippen LogP contribution in [0.15, 0.2) is 12.1 Å². The molecule has 1 aliphatic heterocycles. The number of aromatic nitrogens is 3. The molecule has 172 valence electrons. The Hall–Kier alpha value is -1.88. The van der Waals surface area contributed by atoms with Gasteiger partial charge in [-0.2, -0.15) is 0 Å². The SMILES string of the molecule is COc1cc(Cl)c(CN2CCc3nnc([C@@H](NS(C)(=O)=O)C(C)C)n3CC2)cc1OC. The van der Waals surface area contributed by atoms with E-state index in [2.05, 4.69) is 19.8 Å². The summed E-state index contributed by atoms with van der Waals surface area (Å²) in [4.78, 5) is 2.29. The van der Waals surface area contributed by atoms with E-state index in [-0.39, 0.29) is 5.92 Å². The topological polar surface area (TPSA) is 98.6 Å². The Morgan fingerprint density at radius 3 is 2.42 bits per heavy atom. The standard InChI is InChI=1S/C20H30ClN5O4S/c1-13(2)19(24-31(5,27)28)20-23-22-18-6-7-25(8-9-26(18)20)12-14-10-16(29-3)17(30-4)11-15(14)21/h10-11,13,19,24H,6-9,12H2,1-5H3/t19-/m0/s1. The summed E-state index contributed by atoms with van der Waals surface area (Å²) in [7, 11) is -0.193. The molecule has 1 aromatic carbocycles. The quantitative estimate of drug-likeness (QED) is 0.630. The molecule has 3 rings (SSSR count). The molecule has 0 radical (unpaired) electrons. The van der Waals surface area contributed by atoms with E-state index in [4.69, 9.17) is 21.1 Å². The summed E-state index contributed by atoms with van der Waals surface area (Å²) in [5.74, 6) is 2.79. The molecule has 0 saturated heterocycles. The molecule has 1 aromatic heterocycles. The van der Waals surface area contributed by atoms with Crippen LogP contribution in [0.2, 0.25) is 5.02 Å². The maximum atomic E-state index is 11.9. The summed E-state index contributed by atoms with van der Waals surface area (Å²) in [6.45, 7) is 6.79. The third-order valence-corrected chi connectivity index (χ3v) is 6.41. The van der Waals surface area contributed by atoms with E-state index in [1.165, 1.54) is 0 Å². The summed E-state index contributed by atoms with van der Waals surface area (Å²) in [5.41, 5.74) is 0.955. The highest BCUT2D eigenvalue weighted by molar-refractivity contribution is 7.88. The van der Waals surface area contributed by atoms with E-state index in [1.54, 1.807) is 20.3 Å². The van der Waals surface area contributed by atoms with Crippen molar-refractivity contribution < 1.29 is 17.9 Å². The molecule has 31 heavy (non-hydrogen) atoms. The Morgan fingerprint density at radius 1 is 1.13 bits per heavy atom. The molecule has 9 nitrogen and oxygen atoms in total. The lowest BCUT2D eigenvalue weighted by Gasteiger charge is -2.23. The van der Waals surface area contributed by atoms with Gasteiger partial charge in [0.2, 0.25) is 10.0 Å². The first-order chi connectivity index (χ1) is 14.6. The highest BCUT2D eigenvalue weighted by Gasteiger charge is 2.28. The van der Waals surface area contributed by atoms with Crippen LogP contribution < -0.4 is 14.2 Å². The zero-order valence-corrected chi connectivity index (χ0v) is 20.1. The maximum Gasteiger partial charge on any atom is 0.209 e. The van der Waals surface area contributed by atoms with E-state index in [0.29, 0.717) is 41.9 Å². The molecular weight excluding hydrogens is 442 g/mol. The molecule has 0 amide bonds. The lowest BCUT2D eigenvalue weighted by atomic mass is 10.1. The lowest BCUT2D eigenvalue weighted by molar-refractivity contribution is 0.268. The molecule has 2 aromatic rings. The third kappa shape index (κ3) is 5.68. The van der Waals surface area contributed by atoms with Gasteiger partial charge >= 0.3 is 0 Å². The van der Waals surface area contributed by atoms with Crippen LogP contribution in [-0.4, -0.2) is 61.6 Å². The zero-order chi connectivity index (χ0) is 22.8. The van der Waals surface area contributed by atoms with Crippen LogP contribution in [0.4, 0.5) is 0 Å². The second-order valence-corrected chi connectivity index (χ2v) is 10.2. The fraction of sp³-hybridized carbons (Fsp3) is 0.600. The monoisotopic (exact) mass is 471 g/mol. The zero-order valence-electron chi connectivity index (χ0n) is 18.6. The van der Waals surface area contributed by atoms with Crippen molar-refractivity contribution in [2.24, 2.45) is 5.92 Å². The smallest absolute Gasteiger partial charge is 0.209 e. The van der Waals surface area contributed by atoms with Crippen LogP contribution in [0.1, 0.15) is 37.1 Å². The first kappa shape index (κ1) is 23.8. The molecule has 0 bridgehead atoms. The van der Waals surface area contributed by atoms with Gasteiger partial charge in [-0.1, -0.05) is 25.4 Å². The molecule has 1 N–H and O–H groups in total. The first-order valence-corrected chi connectivity index (χ1v) is 12.4. The van der Waals surface area contributed by atoms with E-state index in [1.807, 2.05) is 24.5 Å². The highest BCUT2D eigenvalue weighted by atomic mass is 35.5. The summed E-state index contributed by atoms with van der Waals surface area (Å²) in [6.07, 6.45) is 1.87. The van der Waals surface area contributed by atoms with Gasteiger partial charge in [0.05, 0.1) is 26.5 Å². The highest BCUT2D eigenvalue weighted by Crippen LogP contribution is 2.34.